The van der Waals surface area contributed by atoms with Gasteiger partial charge in [-0.3, -0.25) is 4.79 Å². The molecule has 0 spiro atoms. The number of halogens is 3. The van der Waals surface area contributed by atoms with Gasteiger partial charge in [0.1, 0.15) is 0 Å². The fraction of sp³-hybridized carbons (Fsp3) is 0.286. The molecule has 0 fully saturated rings. The van der Waals surface area contributed by atoms with Crippen molar-refractivity contribution >= 4 is 11.6 Å². The minimum Gasteiger partial charge on any atom is -0.384 e. The van der Waals surface area contributed by atoms with Crippen LogP contribution in [0.1, 0.15) is 12.0 Å². The van der Waals surface area contributed by atoms with E-state index < -0.39 is 11.7 Å². The molecule has 22 heavy (non-hydrogen) atoms. The lowest BCUT2D eigenvalue weighted by Gasteiger charge is -2.08. The van der Waals surface area contributed by atoms with Crippen LogP contribution in [-0.4, -0.2) is 29.4 Å². The summed E-state index contributed by atoms with van der Waals surface area (Å²) >= 11 is 0. The first kappa shape index (κ1) is 16.0. The van der Waals surface area contributed by atoms with E-state index >= 15 is 0 Å². The monoisotopic (exact) mass is 313 g/mol. The van der Waals surface area contributed by atoms with E-state index in [-0.39, 0.29) is 24.6 Å². The van der Waals surface area contributed by atoms with E-state index in [0.717, 1.165) is 12.1 Å². The molecule has 0 aliphatic rings. The third kappa shape index (κ3) is 4.08. The minimum atomic E-state index is -4.42. The number of benzene rings is 1. The molecule has 2 rings (SSSR count). The zero-order valence-corrected chi connectivity index (χ0v) is 11.7. The van der Waals surface area contributed by atoms with E-state index in [1.165, 1.54) is 36.3 Å². The zero-order valence-electron chi connectivity index (χ0n) is 11.7. The van der Waals surface area contributed by atoms with E-state index in [0.29, 0.717) is 5.69 Å². The predicted octanol–water partition coefficient (Wildman–Crippen LogP) is 2.87. The van der Waals surface area contributed by atoms with Gasteiger partial charge in [-0.15, -0.1) is 0 Å². The number of rotatable bonds is 5. The average molecular weight is 313 g/mol. The summed E-state index contributed by atoms with van der Waals surface area (Å²) < 4.78 is 44.1. The van der Waals surface area contributed by atoms with E-state index in [4.69, 9.17) is 4.74 Å². The maximum absolute atomic E-state index is 12.7. The van der Waals surface area contributed by atoms with Gasteiger partial charge in [-0.2, -0.15) is 18.3 Å². The SMILES string of the molecule is COCCC(=O)Nc1cnn(-c2cccc(C(F)(F)F)c2)c1. The maximum atomic E-state index is 12.7. The van der Waals surface area contributed by atoms with Crippen molar-refractivity contribution in [2.45, 2.75) is 12.6 Å². The first-order valence-electron chi connectivity index (χ1n) is 6.41. The predicted molar refractivity (Wildman–Crippen MR) is 73.7 cm³/mol. The van der Waals surface area contributed by atoms with E-state index in [2.05, 4.69) is 10.4 Å². The number of carbonyl (C=O) groups excluding carboxylic acids is 1. The molecular weight excluding hydrogens is 299 g/mol. The Morgan fingerprint density at radius 2 is 2.18 bits per heavy atom. The maximum Gasteiger partial charge on any atom is 0.416 e. The van der Waals surface area contributed by atoms with Gasteiger partial charge in [-0.1, -0.05) is 6.07 Å². The number of amides is 1. The summed E-state index contributed by atoms with van der Waals surface area (Å²) in [6, 6.07) is 4.78. The number of anilines is 1. The van der Waals surface area contributed by atoms with Crippen molar-refractivity contribution in [1.82, 2.24) is 9.78 Å². The Bertz CT molecular complexity index is 653. The summed E-state index contributed by atoms with van der Waals surface area (Å²) in [6.45, 7) is 0.285. The van der Waals surface area contributed by atoms with Gasteiger partial charge >= 0.3 is 6.18 Å². The van der Waals surface area contributed by atoms with Gasteiger partial charge in [0, 0.05) is 7.11 Å². The topological polar surface area (TPSA) is 56.1 Å². The Labute approximate surface area is 124 Å². The number of ether oxygens (including phenoxy) is 1. The summed E-state index contributed by atoms with van der Waals surface area (Å²) in [4.78, 5) is 11.5. The smallest absolute Gasteiger partial charge is 0.384 e. The van der Waals surface area contributed by atoms with Crippen LogP contribution < -0.4 is 5.32 Å². The van der Waals surface area contributed by atoms with Crippen molar-refractivity contribution in [3.8, 4) is 5.69 Å². The number of hydrogen-bond donors (Lipinski definition) is 1. The second-order valence-corrected chi connectivity index (χ2v) is 4.51. The van der Waals surface area contributed by atoms with Crippen molar-refractivity contribution in [2.24, 2.45) is 0 Å². The Morgan fingerprint density at radius 1 is 1.41 bits per heavy atom. The van der Waals surface area contributed by atoms with Crippen molar-refractivity contribution in [1.29, 1.82) is 0 Å². The van der Waals surface area contributed by atoms with Crippen molar-refractivity contribution < 1.29 is 22.7 Å². The Morgan fingerprint density at radius 3 is 2.86 bits per heavy atom. The van der Waals surface area contributed by atoms with E-state index in [1.54, 1.807) is 0 Å². The van der Waals surface area contributed by atoms with Crippen LogP contribution in [0.4, 0.5) is 18.9 Å². The van der Waals surface area contributed by atoms with Crippen LogP contribution in [0.25, 0.3) is 5.69 Å². The van der Waals surface area contributed by atoms with Crippen LogP contribution in [0.15, 0.2) is 36.7 Å². The van der Waals surface area contributed by atoms with Crippen LogP contribution >= 0.6 is 0 Å². The first-order chi connectivity index (χ1) is 10.4. The molecule has 0 aliphatic carbocycles. The molecule has 0 unspecified atom stereocenters. The van der Waals surface area contributed by atoms with Crippen molar-refractivity contribution in [3.63, 3.8) is 0 Å². The Hall–Kier alpha value is -2.35. The number of aromatic nitrogens is 2. The van der Waals surface area contributed by atoms with Gasteiger partial charge in [-0.05, 0) is 18.2 Å². The number of hydrogen-bond acceptors (Lipinski definition) is 3. The van der Waals surface area contributed by atoms with E-state index in [9.17, 15) is 18.0 Å². The van der Waals surface area contributed by atoms with Crippen LogP contribution in [0.3, 0.4) is 0 Å². The molecular formula is C14H14F3N3O2. The molecule has 1 aromatic carbocycles. The average Bonchev–Trinajstić information content (AvgIpc) is 2.93. The van der Waals surface area contributed by atoms with Crippen LogP contribution in [-0.2, 0) is 15.7 Å². The highest BCUT2D eigenvalue weighted by atomic mass is 19.4. The molecule has 0 aliphatic heterocycles. The second kappa shape index (κ2) is 6.61. The number of alkyl halides is 3. The van der Waals surface area contributed by atoms with Crippen molar-refractivity contribution in [3.05, 3.63) is 42.2 Å². The zero-order chi connectivity index (χ0) is 16.2. The quantitative estimate of drug-likeness (QED) is 0.923. The molecule has 1 aromatic heterocycles. The normalized spacial score (nSPS) is 11.5. The van der Waals surface area contributed by atoms with Crippen LogP contribution in [0, 0.1) is 0 Å². The van der Waals surface area contributed by atoms with Gasteiger partial charge in [0.05, 0.1) is 42.4 Å². The fourth-order valence-corrected chi connectivity index (χ4v) is 1.77. The van der Waals surface area contributed by atoms with Gasteiger partial charge in [-0.25, -0.2) is 4.68 Å². The molecule has 0 saturated heterocycles. The summed E-state index contributed by atoms with van der Waals surface area (Å²) in [5.74, 6) is -0.259. The fourth-order valence-electron chi connectivity index (χ4n) is 1.77. The van der Waals surface area contributed by atoms with Gasteiger partial charge in [0.25, 0.3) is 0 Å². The Kier molecular flexibility index (Phi) is 4.81. The minimum absolute atomic E-state index is 0.186. The van der Waals surface area contributed by atoms with Gasteiger partial charge < -0.3 is 10.1 Å². The summed E-state index contributed by atoms with van der Waals surface area (Å²) in [5.41, 5.74) is -0.100. The molecule has 0 radical (unpaired) electrons. The number of methoxy groups -OCH3 is 1. The molecule has 5 nitrogen and oxygen atoms in total. The molecule has 1 N–H and O–H groups in total. The molecule has 0 saturated carbocycles. The lowest BCUT2D eigenvalue weighted by atomic mass is 10.2. The van der Waals surface area contributed by atoms with Gasteiger partial charge in [0.2, 0.25) is 5.91 Å². The van der Waals surface area contributed by atoms with Crippen molar-refractivity contribution in [2.75, 3.05) is 19.0 Å². The highest BCUT2D eigenvalue weighted by Crippen LogP contribution is 2.30. The highest BCUT2D eigenvalue weighted by Gasteiger charge is 2.30. The van der Waals surface area contributed by atoms with E-state index in [1.807, 2.05) is 0 Å². The standard InChI is InChI=1S/C14H14F3N3O2/c1-22-6-5-13(21)19-11-8-18-20(9-11)12-4-2-3-10(7-12)14(15,16)17/h2-4,7-9H,5-6H2,1H3,(H,19,21). The van der Waals surface area contributed by atoms with Gasteiger partial charge in [0.15, 0.2) is 0 Å². The lowest BCUT2D eigenvalue weighted by Crippen LogP contribution is -2.13. The molecule has 0 bridgehead atoms. The number of nitrogens with one attached hydrogen (secondary N) is 1. The molecule has 1 heterocycles. The summed E-state index contributed by atoms with van der Waals surface area (Å²) in [6.07, 6.45) is -1.42. The first-order valence-corrected chi connectivity index (χ1v) is 6.41. The number of nitrogens with zero attached hydrogens (tertiary/aromatic N) is 2. The molecule has 8 heteroatoms. The largest absolute Gasteiger partial charge is 0.416 e. The summed E-state index contributed by atoms with van der Waals surface area (Å²) in [7, 11) is 1.49. The molecule has 118 valence electrons. The van der Waals surface area contributed by atoms with Crippen LogP contribution in [0.2, 0.25) is 0 Å². The number of carbonyl (C=O) groups is 1. The van der Waals surface area contributed by atoms with Crippen LogP contribution in [0.5, 0.6) is 0 Å². The molecule has 2 aromatic rings. The molecule has 1 amide bonds. The lowest BCUT2D eigenvalue weighted by molar-refractivity contribution is -0.137. The third-order valence-corrected chi connectivity index (χ3v) is 2.84. The second-order valence-electron chi connectivity index (χ2n) is 4.51. The third-order valence-electron chi connectivity index (χ3n) is 2.84. The molecule has 0 atom stereocenters. The summed E-state index contributed by atoms with van der Waals surface area (Å²) in [5, 5.41) is 6.53. The Balaban J connectivity index is 2.13. The highest BCUT2D eigenvalue weighted by molar-refractivity contribution is 5.90.